The summed E-state index contributed by atoms with van der Waals surface area (Å²) in [6, 6.07) is 17.0. The first-order chi connectivity index (χ1) is 17.3. The molecule has 2 amide bonds. The van der Waals surface area contributed by atoms with Gasteiger partial charge in [-0.15, -0.1) is 0 Å². The standard InChI is InChI=1S/C26H18Cl2INO5S/c1-2-34-21-12-16(11-20(29)23(21)35-25(32)18-5-3-4-6-19(18)28)13-22-24(31)30(26(33)36-22)14-15-7-9-17(27)10-8-15/h3-13H,2,14H2,1H3/b22-13-. The Morgan fingerprint density at radius 3 is 2.50 bits per heavy atom. The second-order valence-electron chi connectivity index (χ2n) is 7.53. The van der Waals surface area contributed by atoms with Crippen LogP contribution < -0.4 is 9.47 Å². The fraction of sp³-hybridized carbons (Fsp3) is 0.115. The van der Waals surface area contributed by atoms with Crippen molar-refractivity contribution in [3.63, 3.8) is 0 Å². The van der Waals surface area contributed by atoms with E-state index in [0.29, 0.717) is 26.5 Å². The summed E-state index contributed by atoms with van der Waals surface area (Å²) in [6.45, 7) is 2.28. The first-order valence-electron chi connectivity index (χ1n) is 10.7. The van der Waals surface area contributed by atoms with Crippen LogP contribution in [0.5, 0.6) is 11.5 Å². The number of halogens is 3. The second-order valence-corrected chi connectivity index (χ2v) is 10.5. The molecule has 1 aliphatic heterocycles. The zero-order chi connectivity index (χ0) is 25.8. The lowest BCUT2D eigenvalue weighted by Gasteiger charge is -2.14. The van der Waals surface area contributed by atoms with Crippen LogP contribution in [0.2, 0.25) is 10.0 Å². The molecule has 0 aromatic heterocycles. The molecule has 0 unspecified atom stereocenters. The highest BCUT2D eigenvalue weighted by molar-refractivity contribution is 14.1. The van der Waals surface area contributed by atoms with Crippen LogP contribution >= 0.6 is 57.6 Å². The first kappa shape index (κ1) is 26.5. The van der Waals surface area contributed by atoms with E-state index in [9.17, 15) is 14.4 Å². The van der Waals surface area contributed by atoms with E-state index < -0.39 is 5.97 Å². The van der Waals surface area contributed by atoms with Crippen molar-refractivity contribution in [3.05, 3.63) is 95.9 Å². The Hall–Kier alpha value is -2.53. The maximum absolute atomic E-state index is 13.0. The van der Waals surface area contributed by atoms with Crippen LogP contribution in [0.15, 0.2) is 65.6 Å². The summed E-state index contributed by atoms with van der Waals surface area (Å²) in [5, 5.41) is 0.501. The summed E-state index contributed by atoms with van der Waals surface area (Å²) < 4.78 is 11.9. The van der Waals surface area contributed by atoms with Crippen LogP contribution in [0, 0.1) is 3.57 Å². The molecule has 36 heavy (non-hydrogen) atoms. The molecule has 1 fully saturated rings. The molecule has 3 aromatic carbocycles. The van der Waals surface area contributed by atoms with Gasteiger partial charge in [0, 0.05) is 5.02 Å². The molecule has 6 nitrogen and oxygen atoms in total. The lowest BCUT2D eigenvalue weighted by molar-refractivity contribution is -0.123. The van der Waals surface area contributed by atoms with Gasteiger partial charge in [0.05, 0.1) is 32.2 Å². The van der Waals surface area contributed by atoms with Crippen molar-refractivity contribution in [2.45, 2.75) is 13.5 Å². The molecule has 0 radical (unpaired) electrons. The highest BCUT2D eigenvalue weighted by atomic mass is 127. The lowest BCUT2D eigenvalue weighted by atomic mass is 10.1. The Kier molecular flexibility index (Phi) is 8.61. The van der Waals surface area contributed by atoms with Gasteiger partial charge in [0.1, 0.15) is 0 Å². The third-order valence-corrected chi connectivity index (χ3v) is 7.34. The van der Waals surface area contributed by atoms with E-state index in [1.54, 1.807) is 73.7 Å². The highest BCUT2D eigenvalue weighted by Crippen LogP contribution is 2.38. The van der Waals surface area contributed by atoms with Crippen LogP contribution in [0.3, 0.4) is 0 Å². The number of benzene rings is 3. The van der Waals surface area contributed by atoms with Crippen molar-refractivity contribution in [2.24, 2.45) is 0 Å². The average molecular weight is 654 g/mol. The Morgan fingerprint density at radius 2 is 1.81 bits per heavy atom. The number of nitrogens with zero attached hydrogens (tertiary/aromatic N) is 1. The topological polar surface area (TPSA) is 72.9 Å². The summed E-state index contributed by atoms with van der Waals surface area (Å²) >= 11 is 14.9. The monoisotopic (exact) mass is 653 g/mol. The summed E-state index contributed by atoms with van der Waals surface area (Å²) in [6.07, 6.45) is 1.62. The van der Waals surface area contributed by atoms with E-state index in [4.69, 9.17) is 32.7 Å². The number of esters is 1. The lowest BCUT2D eigenvalue weighted by Crippen LogP contribution is -2.27. The summed E-state index contributed by atoms with van der Waals surface area (Å²) in [7, 11) is 0. The van der Waals surface area contributed by atoms with Crippen LogP contribution in [0.1, 0.15) is 28.4 Å². The van der Waals surface area contributed by atoms with Gasteiger partial charge in [0.25, 0.3) is 11.1 Å². The number of amides is 2. The van der Waals surface area contributed by atoms with E-state index in [1.807, 2.05) is 22.6 Å². The van der Waals surface area contributed by atoms with Gasteiger partial charge in [-0.2, -0.15) is 0 Å². The van der Waals surface area contributed by atoms with Crippen LogP contribution in [0.4, 0.5) is 4.79 Å². The van der Waals surface area contributed by atoms with E-state index in [0.717, 1.165) is 17.3 Å². The van der Waals surface area contributed by atoms with Gasteiger partial charge in [0.15, 0.2) is 11.5 Å². The Bertz CT molecular complexity index is 1380. The maximum atomic E-state index is 13.0. The van der Waals surface area contributed by atoms with Gasteiger partial charge in [-0.1, -0.05) is 47.5 Å². The van der Waals surface area contributed by atoms with Gasteiger partial charge >= 0.3 is 5.97 Å². The van der Waals surface area contributed by atoms with Crippen LogP contribution in [-0.2, 0) is 11.3 Å². The van der Waals surface area contributed by atoms with E-state index in [1.165, 1.54) is 4.90 Å². The van der Waals surface area contributed by atoms with Gasteiger partial charge in [-0.3, -0.25) is 14.5 Å². The third kappa shape index (κ3) is 6.05. The molecule has 4 rings (SSSR count). The smallest absolute Gasteiger partial charge is 0.345 e. The van der Waals surface area contributed by atoms with Gasteiger partial charge in [0.2, 0.25) is 0 Å². The maximum Gasteiger partial charge on any atom is 0.345 e. The Labute approximate surface area is 235 Å². The molecule has 0 spiro atoms. The van der Waals surface area contributed by atoms with E-state index >= 15 is 0 Å². The first-order valence-corrected chi connectivity index (χ1v) is 13.3. The zero-order valence-corrected chi connectivity index (χ0v) is 23.3. The minimum Gasteiger partial charge on any atom is -0.490 e. The largest absolute Gasteiger partial charge is 0.490 e. The molecule has 0 saturated carbocycles. The molecule has 3 aromatic rings. The predicted molar refractivity (Wildman–Crippen MR) is 150 cm³/mol. The number of carbonyl (C=O) groups excluding carboxylic acids is 3. The van der Waals surface area contributed by atoms with E-state index in [2.05, 4.69) is 0 Å². The molecule has 0 bridgehead atoms. The number of hydrogen-bond donors (Lipinski definition) is 0. The number of imide groups is 1. The zero-order valence-electron chi connectivity index (χ0n) is 18.8. The minimum atomic E-state index is -0.615. The SMILES string of the molecule is CCOc1cc(/C=C2\SC(=O)N(Cc3ccc(Cl)cc3)C2=O)cc(I)c1OC(=O)c1ccccc1Cl. The summed E-state index contributed by atoms with van der Waals surface area (Å²) in [5.41, 5.74) is 1.65. The molecule has 1 aliphatic rings. The van der Waals surface area contributed by atoms with Crippen molar-refractivity contribution >= 4 is 80.7 Å². The van der Waals surface area contributed by atoms with Gasteiger partial charge in [-0.05, 0) is 94.9 Å². The second kappa shape index (κ2) is 11.7. The number of ether oxygens (including phenoxy) is 2. The average Bonchev–Trinajstić information content (AvgIpc) is 3.10. The van der Waals surface area contributed by atoms with Crippen molar-refractivity contribution < 1.29 is 23.9 Å². The summed E-state index contributed by atoms with van der Waals surface area (Å²) in [4.78, 5) is 39.7. The fourth-order valence-corrected chi connectivity index (χ4v) is 5.28. The molecule has 10 heteroatoms. The summed E-state index contributed by atoms with van der Waals surface area (Å²) in [5.74, 6) is -0.426. The molecule has 1 saturated heterocycles. The quantitative estimate of drug-likeness (QED) is 0.114. The van der Waals surface area contributed by atoms with Gasteiger partial charge in [-0.25, -0.2) is 4.79 Å². The molecule has 0 atom stereocenters. The minimum absolute atomic E-state index is 0.151. The Balaban J connectivity index is 1.59. The van der Waals surface area contributed by atoms with Crippen LogP contribution in [-0.4, -0.2) is 28.6 Å². The number of thioether (sulfide) groups is 1. The number of hydrogen-bond acceptors (Lipinski definition) is 6. The van der Waals surface area contributed by atoms with Gasteiger partial charge < -0.3 is 9.47 Å². The predicted octanol–water partition coefficient (Wildman–Crippen LogP) is 7.45. The molecular formula is C26H18Cl2INO5S. The molecule has 0 N–H and O–H groups in total. The van der Waals surface area contributed by atoms with Crippen molar-refractivity contribution in [1.82, 2.24) is 4.90 Å². The number of rotatable bonds is 7. The molecule has 0 aliphatic carbocycles. The normalized spacial score (nSPS) is 14.4. The Morgan fingerprint density at radius 1 is 1.08 bits per heavy atom. The third-order valence-electron chi connectivity index (χ3n) is 5.05. The number of carbonyl (C=O) groups is 3. The van der Waals surface area contributed by atoms with E-state index in [-0.39, 0.29) is 38.9 Å². The van der Waals surface area contributed by atoms with Crippen molar-refractivity contribution in [1.29, 1.82) is 0 Å². The van der Waals surface area contributed by atoms with Crippen molar-refractivity contribution in [2.75, 3.05) is 6.61 Å². The van der Waals surface area contributed by atoms with Crippen molar-refractivity contribution in [3.8, 4) is 11.5 Å². The fourth-order valence-electron chi connectivity index (χ4n) is 3.37. The molecule has 1 heterocycles. The highest BCUT2D eigenvalue weighted by Gasteiger charge is 2.35. The van der Waals surface area contributed by atoms with Crippen LogP contribution in [0.25, 0.3) is 6.08 Å². The molecule has 184 valence electrons. The molecular weight excluding hydrogens is 636 g/mol.